The molecule has 1 aliphatic rings. The van der Waals surface area contributed by atoms with Gasteiger partial charge in [0.05, 0.1) is 5.69 Å². The summed E-state index contributed by atoms with van der Waals surface area (Å²) < 4.78 is 27.5. The highest BCUT2D eigenvalue weighted by molar-refractivity contribution is 6.33. The molecule has 1 N–H and O–H groups in total. The molecule has 1 heterocycles. The Bertz CT molecular complexity index is 1110. The molecule has 0 saturated carbocycles. The number of benzene rings is 3. The lowest BCUT2D eigenvalue weighted by atomic mass is 10.1. The minimum atomic E-state index is -0.735. The number of hydrogen-bond acceptors (Lipinski definition) is 3. The standard InChI is InChI=1S/C21H14F2N2O2/c1-12-16(22)9-14(10-17(12)23)24-18-11-20(26)25(21(18)27)19-8-4-6-13-5-2-3-7-15(13)19/h2-11,24H,1H3. The number of nitrogens with one attached hydrogen (secondary N) is 1. The first kappa shape index (κ1) is 16.9. The summed E-state index contributed by atoms with van der Waals surface area (Å²) >= 11 is 0. The molecule has 0 spiro atoms. The van der Waals surface area contributed by atoms with Gasteiger partial charge >= 0.3 is 0 Å². The van der Waals surface area contributed by atoms with Crippen LogP contribution in [0.1, 0.15) is 5.56 Å². The van der Waals surface area contributed by atoms with Crippen LogP contribution in [0.3, 0.4) is 0 Å². The summed E-state index contributed by atoms with van der Waals surface area (Å²) in [4.78, 5) is 26.3. The molecule has 3 aromatic rings. The average molecular weight is 364 g/mol. The second kappa shape index (κ2) is 6.32. The van der Waals surface area contributed by atoms with Crippen LogP contribution in [0.5, 0.6) is 0 Å². The van der Waals surface area contributed by atoms with Crippen molar-refractivity contribution in [1.82, 2.24) is 0 Å². The Morgan fingerprint density at radius 1 is 0.926 bits per heavy atom. The number of carbonyl (C=O) groups excluding carboxylic acids is 2. The van der Waals surface area contributed by atoms with Crippen molar-refractivity contribution in [2.75, 3.05) is 10.2 Å². The van der Waals surface area contributed by atoms with Crippen LogP contribution in [-0.4, -0.2) is 11.8 Å². The SMILES string of the molecule is Cc1c(F)cc(NC2=CC(=O)N(c3cccc4ccccc34)C2=O)cc1F. The number of anilines is 2. The molecule has 0 atom stereocenters. The van der Waals surface area contributed by atoms with Gasteiger partial charge < -0.3 is 5.32 Å². The van der Waals surface area contributed by atoms with E-state index in [4.69, 9.17) is 0 Å². The Morgan fingerprint density at radius 2 is 1.59 bits per heavy atom. The molecule has 27 heavy (non-hydrogen) atoms. The van der Waals surface area contributed by atoms with Gasteiger partial charge in [0.25, 0.3) is 11.8 Å². The highest BCUT2D eigenvalue weighted by Gasteiger charge is 2.33. The van der Waals surface area contributed by atoms with Gasteiger partial charge in [0, 0.05) is 22.7 Å². The lowest BCUT2D eigenvalue weighted by molar-refractivity contribution is -0.120. The van der Waals surface area contributed by atoms with E-state index in [1.165, 1.54) is 6.92 Å². The smallest absolute Gasteiger partial charge is 0.281 e. The third kappa shape index (κ3) is 2.85. The number of nitrogens with zero attached hydrogens (tertiary/aromatic N) is 1. The van der Waals surface area contributed by atoms with Crippen LogP contribution in [0.25, 0.3) is 10.8 Å². The van der Waals surface area contributed by atoms with Crippen LogP contribution in [-0.2, 0) is 9.59 Å². The Kier molecular flexibility index (Phi) is 3.96. The zero-order valence-corrected chi connectivity index (χ0v) is 14.3. The van der Waals surface area contributed by atoms with Crippen LogP contribution in [0.4, 0.5) is 20.2 Å². The van der Waals surface area contributed by atoms with Crippen molar-refractivity contribution in [3.05, 3.63) is 83.6 Å². The summed E-state index contributed by atoms with van der Waals surface area (Å²) in [6.45, 7) is 1.32. The van der Waals surface area contributed by atoms with Gasteiger partial charge in [0.15, 0.2) is 0 Å². The Morgan fingerprint density at radius 3 is 2.33 bits per heavy atom. The van der Waals surface area contributed by atoms with E-state index in [-0.39, 0.29) is 16.9 Å². The van der Waals surface area contributed by atoms with Gasteiger partial charge in [0.2, 0.25) is 0 Å². The van der Waals surface area contributed by atoms with Gasteiger partial charge in [-0.1, -0.05) is 36.4 Å². The van der Waals surface area contributed by atoms with E-state index in [2.05, 4.69) is 5.32 Å². The molecular weight excluding hydrogens is 350 g/mol. The highest BCUT2D eigenvalue weighted by atomic mass is 19.1. The summed E-state index contributed by atoms with van der Waals surface area (Å²) in [6.07, 6.45) is 1.12. The molecule has 0 aliphatic carbocycles. The minimum Gasteiger partial charge on any atom is -0.351 e. The molecule has 0 saturated heterocycles. The van der Waals surface area contributed by atoms with Gasteiger partial charge in [-0.05, 0) is 30.5 Å². The van der Waals surface area contributed by atoms with Gasteiger partial charge in [0.1, 0.15) is 17.3 Å². The molecule has 0 aromatic heterocycles. The fraction of sp³-hybridized carbons (Fsp3) is 0.0476. The second-order valence-corrected chi connectivity index (χ2v) is 6.22. The minimum absolute atomic E-state index is 0.0458. The highest BCUT2D eigenvalue weighted by Crippen LogP contribution is 2.31. The van der Waals surface area contributed by atoms with Crippen LogP contribution < -0.4 is 10.2 Å². The number of halogens is 2. The predicted molar refractivity (Wildman–Crippen MR) is 99.2 cm³/mol. The van der Waals surface area contributed by atoms with Gasteiger partial charge in [-0.2, -0.15) is 0 Å². The Hall–Kier alpha value is -3.54. The number of fused-ring (bicyclic) bond motifs is 1. The molecule has 0 unspecified atom stereocenters. The van der Waals surface area contributed by atoms with Crippen molar-refractivity contribution in [3.63, 3.8) is 0 Å². The average Bonchev–Trinajstić information content (AvgIpc) is 2.92. The number of rotatable bonds is 3. The van der Waals surface area contributed by atoms with Gasteiger partial charge in [-0.15, -0.1) is 0 Å². The van der Waals surface area contributed by atoms with Crippen molar-refractivity contribution in [2.45, 2.75) is 6.92 Å². The third-order valence-corrected chi connectivity index (χ3v) is 4.49. The summed E-state index contributed by atoms with van der Waals surface area (Å²) in [5, 5.41) is 4.29. The van der Waals surface area contributed by atoms with E-state index in [0.717, 1.165) is 33.9 Å². The maximum absolute atomic E-state index is 13.7. The number of hydrogen-bond donors (Lipinski definition) is 1. The largest absolute Gasteiger partial charge is 0.351 e. The lowest BCUT2D eigenvalue weighted by Gasteiger charge is -2.17. The summed E-state index contributed by atoms with van der Waals surface area (Å²) in [6, 6.07) is 14.9. The van der Waals surface area contributed by atoms with E-state index < -0.39 is 23.4 Å². The van der Waals surface area contributed by atoms with E-state index >= 15 is 0 Å². The van der Waals surface area contributed by atoms with Crippen LogP contribution in [0.15, 0.2) is 66.4 Å². The number of amides is 2. The molecule has 6 heteroatoms. The van der Waals surface area contributed by atoms with Crippen molar-refractivity contribution < 1.29 is 18.4 Å². The Balaban J connectivity index is 1.68. The Labute approximate surface area is 153 Å². The van der Waals surface area contributed by atoms with Crippen molar-refractivity contribution in [2.24, 2.45) is 0 Å². The number of carbonyl (C=O) groups is 2. The third-order valence-electron chi connectivity index (χ3n) is 4.49. The topological polar surface area (TPSA) is 49.4 Å². The molecule has 0 fully saturated rings. The molecule has 0 radical (unpaired) electrons. The molecule has 134 valence electrons. The van der Waals surface area contributed by atoms with E-state index in [0.29, 0.717) is 5.69 Å². The zero-order chi connectivity index (χ0) is 19.1. The van der Waals surface area contributed by atoms with E-state index in [1.54, 1.807) is 12.1 Å². The lowest BCUT2D eigenvalue weighted by Crippen LogP contribution is -2.32. The normalized spacial score (nSPS) is 14.0. The van der Waals surface area contributed by atoms with Crippen molar-refractivity contribution >= 4 is 34.0 Å². The molecule has 3 aromatic carbocycles. The van der Waals surface area contributed by atoms with Crippen molar-refractivity contribution in [3.8, 4) is 0 Å². The summed E-state index contributed by atoms with van der Waals surface area (Å²) in [5.41, 5.74) is 0.358. The van der Waals surface area contributed by atoms with Crippen LogP contribution >= 0.6 is 0 Å². The molecule has 4 nitrogen and oxygen atoms in total. The zero-order valence-electron chi connectivity index (χ0n) is 14.3. The fourth-order valence-electron chi connectivity index (χ4n) is 3.06. The predicted octanol–water partition coefficient (Wildman–Crippen LogP) is 4.30. The first-order valence-electron chi connectivity index (χ1n) is 8.26. The molecule has 1 aliphatic heterocycles. The summed E-state index contributed by atoms with van der Waals surface area (Å²) in [5.74, 6) is -2.58. The van der Waals surface area contributed by atoms with Crippen molar-refractivity contribution in [1.29, 1.82) is 0 Å². The van der Waals surface area contributed by atoms with Crippen LogP contribution in [0, 0.1) is 18.6 Å². The fourth-order valence-corrected chi connectivity index (χ4v) is 3.06. The quantitative estimate of drug-likeness (QED) is 0.705. The maximum Gasteiger partial charge on any atom is 0.281 e. The molecule has 0 bridgehead atoms. The monoisotopic (exact) mass is 364 g/mol. The van der Waals surface area contributed by atoms with Crippen LogP contribution in [0.2, 0.25) is 0 Å². The molecular formula is C21H14F2N2O2. The molecule has 4 rings (SSSR count). The first-order chi connectivity index (χ1) is 13.0. The number of imide groups is 1. The second-order valence-electron chi connectivity index (χ2n) is 6.22. The maximum atomic E-state index is 13.7. The van der Waals surface area contributed by atoms with Gasteiger partial charge in [-0.3, -0.25) is 9.59 Å². The summed E-state index contributed by atoms with van der Waals surface area (Å²) in [7, 11) is 0. The van der Waals surface area contributed by atoms with E-state index in [9.17, 15) is 18.4 Å². The van der Waals surface area contributed by atoms with Gasteiger partial charge in [-0.25, -0.2) is 13.7 Å². The first-order valence-corrected chi connectivity index (χ1v) is 8.26. The van der Waals surface area contributed by atoms with E-state index in [1.807, 2.05) is 30.3 Å². The molecule has 2 amide bonds.